The molecule has 2 rings (SSSR count). The van der Waals surface area contributed by atoms with Gasteiger partial charge >= 0.3 is 0 Å². The third-order valence-electron chi connectivity index (χ3n) is 3.57. The average Bonchev–Trinajstić information content (AvgIpc) is 2.53. The second-order valence-electron chi connectivity index (χ2n) is 5.06. The fourth-order valence-electron chi connectivity index (χ4n) is 2.16. The number of likely N-dealkylation sites (N-methyl/N-ethyl adjacent to an activating group) is 1. The number of rotatable bonds is 6. The molecular formula is C17H21NO2S. The van der Waals surface area contributed by atoms with Crippen LogP contribution >= 0.6 is 0 Å². The summed E-state index contributed by atoms with van der Waals surface area (Å²) in [5.74, 6) is 0. The second kappa shape index (κ2) is 6.87. The van der Waals surface area contributed by atoms with Crippen LogP contribution in [-0.2, 0) is 22.9 Å². The van der Waals surface area contributed by atoms with E-state index >= 15 is 0 Å². The lowest BCUT2D eigenvalue weighted by Gasteiger charge is -2.17. The molecule has 0 bridgehead atoms. The highest BCUT2D eigenvalue weighted by molar-refractivity contribution is 7.89. The van der Waals surface area contributed by atoms with Crippen molar-refractivity contribution in [3.8, 4) is 0 Å². The third-order valence-corrected chi connectivity index (χ3v) is 5.43. The van der Waals surface area contributed by atoms with Gasteiger partial charge in [0, 0.05) is 13.6 Å². The molecule has 3 nitrogen and oxygen atoms in total. The average molecular weight is 303 g/mol. The van der Waals surface area contributed by atoms with Crippen molar-refractivity contribution in [2.75, 3.05) is 13.6 Å². The van der Waals surface area contributed by atoms with E-state index in [0.29, 0.717) is 17.9 Å². The predicted molar refractivity (Wildman–Crippen MR) is 85.8 cm³/mol. The van der Waals surface area contributed by atoms with Gasteiger partial charge in [0.05, 0.1) is 4.90 Å². The Kier molecular flexibility index (Phi) is 5.15. The van der Waals surface area contributed by atoms with Gasteiger partial charge in [0.15, 0.2) is 0 Å². The Balaban J connectivity index is 2.11. The largest absolute Gasteiger partial charge is 0.242 e. The fourth-order valence-corrected chi connectivity index (χ4v) is 3.40. The molecule has 0 saturated heterocycles. The Morgan fingerprint density at radius 2 is 1.62 bits per heavy atom. The highest BCUT2D eigenvalue weighted by Gasteiger charge is 2.20. The molecule has 112 valence electrons. The zero-order valence-electron chi connectivity index (χ0n) is 12.5. The zero-order chi connectivity index (χ0) is 15.3. The minimum atomic E-state index is -3.41. The van der Waals surface area contributed by atoms with Gasteiger partial charge in [-0.2, -0.15) is 0 Å². The molecule has 0 atom stereocenters. The Morgan fingerprint density at radius 1 is 0.952 bits per heavy atom. The summed E-state index contributed by atoms with van der Waals surface area (Å²) >= 11 is 0. The van der Waals surface area contributed by atoms with Gasteiger partial charge in [-0.15, -0.1) is 0 Å². The lowest BCUT2D eigenvalue weighted by atomic mass is 10.2. The van der Waals surface area contributed by atoms with Crippen LogP contribution in [0.15, 0.2) is 59.5 Å². The standard InChI is InChI=1S/C17H21NO2S/c1-3-15-10-7-11-17(14-15)21(19,20)18(2)13-12-16-8-5-4-6-9-16/h4-11,14H,3,12-13H2,1-2H3. The summed E-state index contributed by atoms with van der Waals surface area (Å²) in [4.78, 5) is 0.373. The lowest BCUT2D eigenvalue weighted by molar-refractivity contribution is 0.472. The molecule has 0 N–H and O–H groups in total. The van der Waals surface area contributed by atoms with Crippen LogP contribution in [0.3, 0.4) is 0 Å². The normalized spacial score (nSPS) is 11.8. The van der Waals surface area contributed by atoms with Crippen molar-refractivity contribution >= 4 is 10.0 Å². The van der Waals surface area contributed by atoms with E-state index in [-0.39, 0.29) is 0 Å². The highest BCUT2D eigenvalue weighted by atomic mass is 32.2. The first kappa shape index (κ1) is 15.7. The van der Waals surface area contributed by atoms with Crippen LogP contribution < -0.4 is 0 Å². The van der Waals surface area contributed by atoms with Crippen LogP contribution in [0.5, 0.6) is 0 Å². The SMILES string of the molecule is CCc1cccc(S(=O)(=O)N(C)CCc2ccccc2)c1. The minimum Gasteiger partial charge on any atom is -0.207 e. The maximum atomic E-state index is 12.5. The first-order valence-electron chi connectivity index (χ1n) is 7.13. The summed E-state index contributed by atoms with van der Waals surface area (Å²) in [7, 11) is -1.77. The molecule has 0 aliphatic rings. The summed E-state index contributed by atoms with van der Waals surface area (Å²) in [5, 5.41) is 0. The second-order valence-corrected chi connectivity index (χ2v) is 7.11. The van der Waals surface area contributed by atoms with Crippen LogP contribution in [0, 0.1) is 0 Å². The summed E-state index contributed by atoms with van der Waals surface area (Å²) in [6, 6.07) is 17.1. The van der Waals surface area contributed by atoms with E-state index in [1.54, 1.807) is 25.2 Å². The van der Waals surface area contributed by atoms with E-state index in [1.807, 2.05) is 43.3 Å². The maximum absolute atomic E-state index is 12.5. The summed E-state index contributed by atoms with van der Waals surface area (Å²) in [6.07, 6.45) is 1.54. The van der Waals surface area contributed by atoms with Crippen molar-refractivity contribution in [1.82, 2.24) is 4.31 Å². The van der Waals surface area contributed by atoms with Crippen LogP contribution in [0.1, 0.15) is 18.1 Å². The molecule has 0 aliphatic heterocycles. The fraction of sp³-hybridized carbons (Fsp3) is 0.294. The van der Waals surface area contributed by atoms with E-state index < -0.39 is 10.0 Å². The Labute approximate surface area is 127 Å². The van der Waals surface area contributed by atoms with E-state index in [4.69, 9.17) is 0 Å². The van der Waals surface area contributed by atoms with Gasteiger partial charge in [0.25, 0.3) is 0 Å². The number of nitrogens with zero attached hydrogens (tertiary/aromatic N) is 1. The zero-order valence-corrected chi connectivity index (χ0v) is 13.3. The van der Waals surface area contributed by atoms with Crippen LogP contribution in [0.2, 0.25) is 0 Å². The van der Waals surface area contributed by atoms with E-state index in [0.717, 1.165) is 17.5 Å². The van der Waals surface area contributed by atoms with Crippen molar-refractivity contribution in [2.24, 2.45) is 0 Å². The van der Waals surface area contributed by atoms with Crippen molar-refractivity contribution in [3.63, 3.8) is 0 Å². The number of sulfonamides is 1. The molecule has 4 heteroatoms. The smallest absolute Gasteiger partial charge is 0.207 e. The Morgan fingerprint density at radius 3 is 2.29 bits per heavy atom. The van der Waals surface area contributed by atoms with Crippen molar-refractivity contribution in [1.29, 1.82) is 0 Å². The molecule has 0 radical (unpaired) electrons. The number of benzene rings is 2. The van der Waals surface area contributed by atoms with Gasteiger partial charge in [-0.25, -0.2) is 12.7 Å². The summed E-state index contributed by atoms with van der Waals surface area (Å²) in [5.41, 5.74) is 2.18. The molecule has 0 fully saturated rings. The highest BCUT2D eigenvalue weighted by Crippen LogP contribution is 2.16. The van der Waals surface area contributed by atoms with Gasteiger partial charge in [-0.3, -0.25) is 0 Å². The van der Waals surface area contributed by atoms with Gasteiger partial charge in [0.2, 0.25) is 10.0 Å². The van der Waals surface area contributed by atoms with Crippen molar-refractivity contribution in [3.05, 3.63) is 65.7 Å². The van der Waals surface area contributed by atoms with Crippen molar-refractivity contribution in [2.45, 2.75) is 24.7 Å². The summed E-state index contributed by atoms with van der Waals surface area (Å²) < 4.78 is 26.5. The van der Waals surface area contributed by atoms with E-state index in [9.17, 15) is 8.42 Å². The minimum absolute atomic E-state index is 0.373. The lowest BCUT2D eigenvalue weighted by Crippen LogP contribution is -2.29. The molecule has 2 aromatic carbocycles. The van der Waals surface area contributed by atoms with Gasteiger partial charge in [-0.1, -0.05) is 49.4 Å². The first-order valence-corrected chi connectivity index (χ1v) is 8.57. The molecule has 0 amide bonds. The molecule has 0 aromatic heterocycles. The van der Waals surface area contributed by atoms with Crippen LogP contribution in [-0.4, -0.2) is 26.3 Å². The monoisotopic (exact) mass is 303 g/mol. The molecule has 2 aromatic rings. The van der Waals surface area contributed by atoms with Crippen LogP contribution in [0.25, 0.3) is 0 Å². The maximum Gasteiger partial charge on any atom is 0.242 e. The van der Waals surface area contributed by atoms with Crippen molar-refractivity contribution < 1.29 is 8.42 Å². The van der Waals surface area contributed by atoms with Gasteiger partial charge in [-0.05, 0) is 36.1 Å². The predicted octanol–water partition coefficient (Wildman–Crippen LogP) is 3.11. The number of hydrogen-bond acceptors (Lipinski definition) is 2. The molecule has 0 heterocycles. The number of hydrogen-bond donors (Lipinski definition) is 0. The molecular weight excluding hydrogens is 282 g/mol. The Bertz CT molecular complexity index is 681. The quantitative estimate of drug-likeness (QED) is 0.822. The molecule has 21 heavy (non-hydrogen) atoms. The molecule has 0 unspecified atom stereocenters. The topological polar surface area (TPSA) is 37.4 Å². The molecule has 0 spiro atoms. The Hall–Kier alpha value is -1.65. The van der Waals surface area contributed by atoms with Gasteiger partial charge < -0.3 is 0 Å². The third kappa shape index (κ3) is 3.93. The number of aryl methyl sites for hydroxylation is 1. The van der Waals surface area contributed by atoms with Gasteiger partial charge in [0.1, 0.15) is 0 Å². The summed E-state index contributed by atoms with van der Waals surface area (Å²) in [6.45, 7) is 2.49. The molecule has 0 saturated carbocycles. The van der Waals surface area contributed by atoms with E-state index in [2.05, 4.69) is 0 Å². The van der Waals surface area contributed by atoms with E-state index in [1.165, 1.54) is 4.31 Å². The first-order chi connectivity index (χ1) is 10.0. The van der Waals surface area contributed by atoms with Crippen LogP contribution in [0.4, 0.5) is 0 Å². The molecule has 0 aliphatic carbocycles.